The summed E-state index contributed by atoms with van der Waals surface area (Å²) in [5.74, 6) is -1.93. The molecule has 2 aromatic rings. The van der Waals surface area contributed by atoms with E-state index in [1.54, 1.807) is 0 Å². The van der Waals surface area contributed by atoms with E-state index < -0.39 is 26.6 Å². The van der Waals surface area contributed by atoms with Crippen molar-refractivity contribution in [2.45, 2.75) is 10.9 Å². The van der Waals surface area contributed by atoms with E-state index in [1.807, 2.05) is 30.3 Å². The van der Waals surface area contributed by atoms with E-state index >= 15 is 0 Å². The zero-order chi connectivity index (χ0) is 18.6. The van der Waals surface area contributed by atoms with Gasteiger partial charge in [-0.3, -0.25) is 4.90 Å². The average molecular weight is 382 g/mol. The van der Waals surface area contributed by atoms with Crippen LogP contribution >= 0.6 is 0 Å². The van der Waals surface area contributed by atoms with Gasteiger partial charge in [0.2, 0.25) is 10.0 Å². The van der Waals surface area contributed by atoms with Gasteiger partial charge >= 0.3 is 0 Å². The van der Waals surface area contributed by atoms with Crippen LogP contribution in [0.3, 0.4) is 0 Å². The van der Waals surface area contributed by atoms with Gasteiger partial charge in [0.1, 0.15) is 16.5 Å². The molecule has 0 radical (unpaired) electrons. The summed E-state index contributed by atoms with van der Waals surface area (Å²) in [4.78, 5) is 1.57. The molecule has 0 aliphatic carbocycles. The molecule has 0 saturated carbocycles. The highest BCUT2D eigenvalue weighted by atomic mass is 32.2. The maximum absolute atomic E-state index is 13.9. The van der Waals surface area contributed by atoms with Gasteiger partial charge in [-0.05, 0) is 17.7 Å². The molecule has 140 valence electrons. The van der Waals surface area contributed by atoms with Gasteiger partial charge in [-0.25, -0.2) is 21.9 Å². The average Bonchev–Trinajstić information content (AvgIpc) is 2.63. The minimum absolute atomic E-state index is 0.0726. The Bertz CT molecular complexity index is 841. The normalized spacial score (nSPS) is 17.2. The van der Waals surface area contributed by atoms with Crippen LogP contribution in [0.15, 0.2) is 53.4 Å². The maximum Gasteiger partial charge on any atom is 0.243 e. The molecule has 1 aliphatic heterocycles. The highest BCUT2D eigenvalue weighted by Gasteiger charge is 2.26. The van der Waals surface area contributed by atoms with Crippen LogP contribution in [-0.4, -0.2) is 46.2 Å². The lowest BCUT2D eigenvalue weighted by Gasteiger charge is -2.34. The molecule has 1 saturated heterocycles. The van der Waals surface area contributed by atoms with E-state index in [-0.39, 0.29) is 12.6 Å². The molecule has 3 rings (SSSR count). The monoisotopic (exact) mass is 382 g/mol. The molecule has 5 nitrogen and oxygen atoms in total. The molecule has 1 heterocycles. The summed E-state index contributed by atoms with van der Waals surface area (Å²) in [6.07, 6.45) is 0. The van der Waals surface area contributed by atoms with Crippen LogP contribution in [0, 0.1) is 11.6 Å². The van der Waals surface area contributed by atoms with Crippen LogP contribution in [-0.2, 0) is 14.8 Å². The number of morpholine rings is 1. The van der Waals surface area contributed by atoms with Gasteiger partial charge in [-0.15, -0.1) is 0 Å². The lowest BCUT2D eigenvalue weighted by molar-refractivity contribution is 0.0172. The minimum atomic E-state index is -4.10. The predicted molar refractivity (Wildman–Crippen MR) is 93.1 cm³/mol. The van der Waals surface area contributed by atoms with Crippen LogP contribution in [0.1, 0.15) is 11.6 Å². The summed E-state index contributed by atoms with van der Waals surface area (Å²) in [6.45, 7) is 2.56. The fraction of sp³-hybridized carbons (Fsp3) is 0.333. The fourth-order valence-corrected chi connectivity index (χ4v) is 4.08. The van der Waals surface area contributed by atoms with Gasteiger partial charge in [0.25, 0.3) is 0 Å². The van der Waals surface area contributed by atoms with Crippen molar-refractivity contribution < 1.29 is 21.9 Å². The number of ether oxygens (including phenoxy) is 1. The van der Waals surface area contributed by atoms with E-state index in [0.29, 0.717) is 32.4 Å². The van der Waals surface area contributed by atoms with Crippen LogP contribution in [0.25, 0.3) is 0 Å². The van der Waals surface area contributed by atoms with Gasteiger partial charge in [-0.2, -0.15) is 0 Å². The molecule has 0 aromatic heterocycles. The van der Waals surface area contributed by atoms with Gasteiger partial charge < -0.3 is 4.74 Å². The van der Waals surface area contributed by atoms with Crippen molar-refractivity contribution >= 4 is 10.0 Å². The first-order chi connectivity index (χ1) is 12.5. The standard InChI is InChI=1S/C18H20F2N2O3S/c19-15-6-7-18(16(20)12-15)26(23,24)21-13-17(14-4-2-1-3-5-14)22-8-10-25-11-9-22/h1-7,12,17,21H,8-11,13H2/t17-/m0/s1. The number of benzene rings is 2. The number of hydrogen-bond donors (Lipinski definition) is 1. The molecule has 2 aromatic carbocycles. The van der Waals surface area contributed by atoms with Crippen molar-refractivity contribution in [1.82, 2.24) is 9.62 Å². The van der Waals surface area contributed by atoms with Crippen molar-refractivity contribution in [2.75, 3.05) is 32.8 Å². The summed E-state index contributed by atoms with van der Waals surface area (Å²) < 4.78 is 59.7. The van der Waals surface area contributed by atoms with E-state index in [2.05, 4.69) is 9.62 Å². The van der Waals surface area contributed by atoms with E-state index in [1.165, 1.54) is 0 Å². The number of hydrogen-bond acceptors (Lipinski definition) is 4. The third-order valence-electron chi connectivity index (χ3n) is 4.32. The van der Waals surface area contributed by atoms with Gasteiger partial charge in [0, 0.05) is 31.7 Å². The zero-order valence-corrected chi connectivity index (χ0v) is 14.9. The van der Waals surface area contributed by atoms with Crippen molar-refractivity contribution in [3.05, 3.63) is 65.7 Å². The molecule has 0 spiro atoms. The number of nitrogens with zero attached hydrogens (tertiary/aromatic N) is 1. The van der Waals surface area contributed by atoms with Crippen molar-refractivity contribution in [3.63, 3.8) is 0 Å². The Hall–Kier alpha value is -1.87. The van der Waals surface area contributed by atoms with Crippen LogP contribution in [0.4, 0.5) is 8.78 Å². The minimum Gasteiger partial charge on any atom is -0.379 e. The quantitative estimate of drug-likeness (QED) is 0.833. The smallest absolute Gasteiger partial charge is 0.243 e. The Morgan fingerprint density at radius 2 is 1.77 bits per heavy atom. The van der Waals surface area contributed by atoms with Crippen molar-refractivity contribution in [1.29, 1.82) is 0 Å². The van der Waals surface area contributed by atoms with Gasteiger partial charge in [-0.1, -0.05) is 30.3 Å². The summed E-state index contributed by atoms with van der Waals surface area (Å²) >= 11 is 0. The molecular formula is C18H20F2N2O3S. The lowest BCUT2D eigenvalue weighted by atomic mass is 10.1. The SMILES string of the molecule is O=S(=O)(NC[C@@H](c1ccccc1)N1CCOCC1)c1ccc(F)cc1F. The van der Waals surface area contributed by atoms with Gasteiger partial charge in [0.15, 0.2) is 0 Å². The second-order valence-electron chi connectivity index (χ2n) is 6.00. The molecule has 0 unspecified atom stereocenters. The summed E-state index contributed by atoms with van der Waals surface area (Å²) in [5.41, 5.74) is 0.955. The number of rotatable bonds is 6. The second kappa shape index (κ2) is 8.22. The predicted octanol–water partition coefficient (Wildman–Crippen LogP) is 2.32. The van der Waals surface area contributed by atoms with Crippen molar-refractivity contribution in [2.24, 2.45) is 0 Å². The third kappa shape index (κ3) is 4.45. The largest absolute Gasteiger partial charge is 0.379 e. The molecule has 0 bridgehead atoms. The first-order valence-corrected chi connectivity index (χ1v) is 9.77. The molecule has 0 amide bonds. The van der Waals surface area contributed by atoms with Gasteiger partial charge in [0.05, 0.1) is 13.2 Å². The zero-order valence-electron chi connectivity index (χ0n) is 14.1. The molecule has 1 fully saturated rings. The molecule has 26 heavy (non-hydrogen) atoms. The van der Waals surface area contributed by atoms with Crippen LogP contribution in [0.5, 0.6) is 0 Å². The molecule has 1 atom stereocenters. The summed E-state index contributed by atoms with van der Waals surface area (Å²) in [6, 6.07) is 11.7. The first kappa shape index (κ1) is 18.9. The fourth-order valence-electron chi connectivity index (χ4n) is 2.98. The Balaban J connectivity index is 1.80. The summed E-state index contributed by atoms with van der Waals surface area (Å²) in [7, 11) is -4.10. The highest BCUT2D eigenvalue weighted by molar-refractivity contribution is 7.89. The maximum atomic E-state index is 13.9. The number of sulfonamides is 1. The molecular weight excluding hydrogens is 362 g/mol. The van der Waals surface area contributed by atoms with Crippen molar-refractivity contribution in [3.8, 4) is 0 Å². The molecule has 1 aliphatic rings. The topological polar surface area (TPSA) is 58.6 Å². The Labute approximate surface area is 151 Å². The van der Waals surface area contributed by atoms with Crippen LogP contribution < -0.4 is 4.72 Å². The van der Waals surface area contributed by atoms with E-state index in [4.69, 9.17) is 4.74 Å². The number of halogens is 2. The van der Waals surface area contributed by atoms with E-state index in [9.17, 15) is 17.2 Å². The third-order valence-corrected chi connectivity index (χ3v) is 5.78. The van der Waals surface area contributed by atoms with Crippen LogP contribution in [0.2, 0.25) is 0 Å². The first-order valence-electron chi connectivity index (χ1n) is 8.29. The number of nitrogens with one attached hydrogen (secondary N) is 1. The highest BCUT2D eigenvalue weighted by Crippen LogP contribution is 2.22. The molecule has 1 N–H and O–H groups in total. The van der Waals surface area contributed by atoms with E-state index in [0.717, 1.165) is 17.7 Å². The Morgan fingerprint density at radius 1 is 1.08 bits per heavy atom. The second-order valence-corrected chi connectivity index (χ2v) is 7.74. The Kier molecular flexibility index (Phi) is 5.98. The molecule has 8 heteroatoms. The Morgan fingerprint density at radius 3 is 2.42 bits per heavy atom. The summed E-state index contributed by atoms with van der Waals surface area (Å²) in [5, 5.41) is 0. The lowest BCUT2D eigenvalue weighted by Crippen LogP contribution is -2.43.